The first-order chi connectivity index (χ1) is 12.2. The van der Waals surface area contributed by atoms with Gasteiger partial charge in [-0.15, -0.1) is 0 Å². The number of nitrogens with one attached hydrogen (secondary N) is 2. The topological polar surface area (TPSA) is 59.6 Å². The number of halogens is 1. The number of ether oxygens (including phenoxy) is 2. The molecule has 1 fully saturated rings. The zero-order valence-electron chi connectivity index (χ0n) is 13.7. The molecule has 4 rings (SSSR count). The van der Waals surface area contributed by atoms with Crippen molar-refractivity contribution in [3.05, 3.63) is 58.1 Å². The molecule has 0 spiro atoms. The van der Waals surface area contributed by atoms with Gasteiger partial charge in [-0.25, -0.2) is 0 Å². The standard InChI is InChI=1S/C19H19ClN2O3/c20-15-7-13(18-14(8-15)10-24-11-25-18)9-21-16-3-1-12(2-4-16)19(23)22-17-5-6-17/h1-4,7-8,17,21H,5-6,9-11H2,(H,22,23). The summed E-state index contributed by atoms with van der Waals surface area (Å²) in [5, 5.41) is 7.00. The van der Waals surface area contributed by atoms with E-state index in [0.29, 0.717) is 29.8 Å². The minimum atomic E-state index is -0.00800. The molecule has 1 heterocycles. The molecule has 2 N–H and O–H groups in total. The lowest BCUT2D eigenvalue weighted by molar-refractivity contribution is -0.0169. The lowest BCUT2D eigenvalue weighted by Gasteiger charge is -2.21. The van der Waals surface area contributed by atoms with E-state index in [2.05, 4.69) is 10.6 Å². The van der Waals surface area contributed by atoms with Crippen molar-refractivity contribution in [2.75, 3.05) is 12.1 Å². The maximum absolute atomic E-state index is 12.0. The minimum absolute atomic E-state index is 0.00800. The summed E-state index contributed by atoms with van der Waals surface area (Å²) in [6.07, 6.45) is 2.17. The monoisotopic (exact) mass is 358 g/mol. The van der Waals surface area contributed by atoms with E-state index in [9.17, 15) is 4.79 Å². The molecule has 25 heavy (non-hydrogen) atoms. The second kappa shape index (κ2) is 6.94. The highest BCUT2D eigenvalue weighted by Crippen LogP contribution is 2.32. The van der Waals surface area contributed by atoms with Crippen molar-refractivity contribution >= 4 is 23.2 Å². The fourth-order valence-corrected chi connectivity index (χ4v) is 3.08. The second-order valence-electron chi connectivity index (χ2n) is 6.34. The fourth-order valence-electron chi connectivity index (χ4n) is 2.82. The number of anilines is 1. The smallest absolute Gasteiger partial charge is 0.251 e. The largest absolute Gasteiger partial charge is 0.467 e. The van der Waals surface area contributed by atoms with Crippen LogP contribution in [0, 0.1) is 0 Å². The van der Waals surface area contributed by atoms with E-state index in [1.54, 1.807) is 0 Å². The Bertz CT molecular complexity index is 788. The van der Waals surface area contributed by atoms with Crippen LogP contribution in [0.25, 0.3) is 0 Å². The maximum atomic E-state index is 12.0. The van der Waals surface area contributed by atoms with Crippen molar-refractivity contribution in [2.24, 2.45) is 0 Å². The van der Waals surface area contributed by atoms with E-state index in [-0.39, 0.29) is 12.7 Å². The van der Waals surface area contributed by atoms with Crippen LogP contribution < -0.4 is 15.4 Å². The summed E-state index contributed by atoms with van der Waals surface area (Å²) in [4.78, 5) is 12.0. The van der Waals surface area contributed by atoms with Crippen LogP contribution in [0.5, 0.6) is 5.75 Å². The molecule has 130 valence electrons. The zero-order chi connectivity index (χ0) is 17.2. The van der Waals surface area contributed by atoms with Gasteiger partial charge in [0.1, 0.15) is 5.75 Å². The molecule has 2 aromatic carbocycles. The van der Waals surface area contributed by atoms with Crippen LogP contribution in [0.3, 0.4) is 0 Å². The van der Waals surface area contributed by atoms with Crippen molar-refractivity contribution in [3.63, 3.8) is 0 Å². The first kappa shape index (κ1) is 16.2. The Labute approximate surface area is 151 Å². The van der Waals surface area contributed by atoms with Gasteiger partial charge in [-0.2, -0.15) is 0 Å². The molecule has 6 heteroatoms. The summed E-state index contributed by atoms with van der Waals surface area (Å²) in [5.41, 5.74) is 3.56. The van der Waals surface area contributed by atoms with Crippen molar-refractivity contribution in [1.29, 1.82) is 0 Å². The Balaban J connectivity index is 1.43. The van der Waals surface area contributed by atoms with E-state index in [0.717, 1.165) is 35.4 Å². The number of hydrogen-bond donors (Lipinski definition) is 2. The first-order valence-electron chi connectivity index (χ1n) is 8.36. The number of carbonyl (C=O) groups is 1. The summed E-state index contributed by atoms with van der Waals surface area (Å²) in [6.45, 7) is 1.34. The maximum Gasteiger partial charge on any atom is 0.251 e. The van der Waals surface area contributed by atoms with Crippen molar-refractivity contribution in [1.82, 2.24) is 5.32 Å². The van der Waals surface area contributed by atoms with Gasteiger partial charge >= 0.3 is 0 Å². The molecular weight excluding hydrogens is 340 g/mol. The summed E-state index contributed by atoms with van der Waals surface area (Å²) in [7, 11) is 0. The molecule has 5 nitrogen and oxygen atoms in total. The molecule has 1 saturated carbocycles. The summed E-state index contributed by atoms with van der Waals surface area (Å²) in [5.74, 6) is 0.829. The number of amides is 1. The van der Waals surface area contributed by atoms with Gasteiger partial charge in [0.05, 0.1) is 6.61 Å². The van der Waals surface area contributed by atoms with E-state index in [1.165, 1.54) is 0 Å². The minimum Gasteiger partial charge on any atom is -0.467 e. The number of carbonyl (C=O) groups excluding carboxylic acids is 1. The van der Waals surface area contributed by atoms with Crippen molar-refractivity contribution < 1.29 is 14.3 Å². The first-order valence-corrected chi connectivity index (χ1v) is 8.73. The second-order valence-corrected chi connectivity index (χ2v) is 6.78. The van der Waals surface area contributed by atoms with E-state index < -0.39 is 0 Å². The fraction of sp³-hybridized carbons (Fsp3) is 0.316. The van der Waals surface area contributed by atoms with E-state index >= 15 is 0 Å². The average Bonchev–Trinajstić information content (AvgIpc) is 3.44. The van der Waals surface area contributed by atoms with Gasteiger partial charge in [0.25, 0.3) is 5.91 Å². The summed E-state index contributed by atoms with van der Waals surface area (Å²) in [6, 6.07) is 11.6. The van der Waals surface area contributed by atoms with Crippen LogP contribution in [-0.4, -0.2) is 18.7 Å². The number of fused-ring (bicyclic) bond motifs is 1. The van der Waals surface area contributed by atoms with Gasteiger partial charge in [-0.1, -0.05) is 11.6 Å². The molecule has 2 aliphatic rings. The van der Waals surface area contributed by atoms with Crippen LogP contribution in [0.4, 0.5) is 5.69 Å². The molecule has 0 radical (unpaired) electrons. The number of hydrogen-bond acceptors (Lipinski definition) is 4. The number of benzene rings is 2. The highest BCUT2D eigenvalue weighted by molar-refractivity contribution is 6.30. The van der Waals surface area contributed by atoms with Crippen LogP contribution in [-0.2, 0) is 17.9 Å². The normalized spacial score (nSPS) is 15.9. The van der Waals surface area contributed by atoms with Crippen LogP contribution >= 0.6 is 11.6 Å². The third-order valence-electron chi connectivity index (χ3n) is 4.29. The van der Waals surface area contributed by atoms with Crippen molar-refractivity contribution in [2.45, 2.75) is 32.0 Å². The molecule has 1 amide bonds. The average molecular weight is 359 g/mol. The van der Waals surface area contributed by atoms with Gasteiger partial charge in [0.15, 0.2) is 6.79 Å². The lowest BCUT2D eigenvalue weighted by Crippen LogP contribution is -2.25. The molecule has 0 bridgehead atoms. The van der Waals surface area contributed by atoms with Gasteiger partial charge < -0.3 is 20.1 Å². The van der Waals surface area contributed by atoms with E-state index in [4.69, 9.17) is 21.1 Å². The molecule has 0 saturated heterocycles. The Morgan fingerprint density at radius 2 is 2.00 bits per heavy atom. The molecule has 2 aromatic rings. The molecule has 0 atom stereocenters. The zero-order valence-corrected chi connectivity index (χ0v) is 14.4. The van der Waals surface area contributed by atoms with E-state index in [1.807, 2.05) is 36.4 Å². The van der Waals surface area contributed by atoms with Crippen LogP contribution in [0.1, 0.15) is 34.3 Å². The van der Waals surface area contributed by atoms with Crippen LogP contribution in [0.2, 0.25) is 5.02 Å². The van der Waals surface area contributed by atoms with Gasteiger partial charge in [-0.05, 0) is 49.2 Å². The quantitative estimate of drug-likeness (QED) is 0.855. The molecule has 0 unspecified atom stereocenters. The predicted molar refractivity (Wildman–Crippen MR) is 96.0 cm³/mol. The number of rotatable bonds is 5. The van der Waals surface area contributed by atoms with Crippen molar-refractivity contribution in [3.8, 4) is 5.75 Å². The molecule has 1 aliphatic carbocycles. The molecule has 1 aliphatic heterocycles. The van der Waals surface area contributed by atoms with Gasteiger partial charge in [-0.3, -0.25) is 4.79 Å². The Kier molecular flexibility index (Phi) is 4.51. The Morgan fingerprint density at radius 3 is 2.76 bits per heavy atom. The summed E-state index contributed by atoms with van der Waals surface area (Å²) < 4.78 is 10.9. The lowest BCUT2D eigenvalue weighted by atomic mass is 10.1. The van der Waals surface area contributed by atoms with Gasteiger partial charge in [0.2, 0.25) is 0 Å². The third-order valence-corrected chi connectivity index (χ3v) is 4.51. The summed E-state index contributed by atoms with van der Waals surface area (Å²) >= 11 is 6.18. The SMILES string of the molecule is O=C(NC1CC1)c1ccc(NCc2cc(Cl)cc3c2OCOC3)cc1. The highest BCUT2D eigenvalue weighted by Gasteiger charge is 2.23. The Hall–Kier alpha value is -2.24. The molecule has 0 aromatic heterocycles. The predicted octanol–water partition coefficient (Wildman–Crippen LogP) is 3.71. The highest BCUT2D eigenvalue weighted by atomic mass is 35.5. The van der Waals surface area contributed by atoms with Crippen LogP contribution in [0.15, 0.2) is 36.4 Å². The molecular formula is C19H19ClN2O3. The Morgan fingerprint density at radius 1 is 1.20 bits per heavy atom. The third kappa shape index (κ3) is 3.89. The van der Waals surface area contributed by atoms with Gasteiger partial charge in [0, 0.05) is 40.0 Å².